The van der Waals surface area contributed by atoms with Gasteiger partial charge >= 0.3 is 0 Å². The van der Waals surface area contributed by atoms with Gasteiger partial charge in [-0.1, -0.05) is 32.0 Å². The van der Waals surface area contributed by atoms with Crippen molar-refractivity contribution in [1.82, 2.24) is 0 Å². The van der Waals surface area contributed by atoms with Crippen LogP contribution in [0.25, 0.3) is 0 Å². The largest absolute Gasteiger partial charge is 0.374 e. The van der Waals surface area contributed by atoms with E-state index >= 15 is 0 Å². The standard InChI is InChI=1S/C17H25NO/c1-12-9-14(3)15(17(19)10-12)11-18(4)16-8-6-5-7-13(16)2/h5-8,12,14-15H,9-11H2,1-4H3. The lowest BCUT2D eigenvalue weighted by molar-refractivity contribution is -0.127. The van der Waals surface area contributed by atoms with Gasteiger partial charge in [0.05, 0.1) is 0 Å². The Morgan fingerprint density at radius 1 is 1.26 bits per heavy atom. The second-order valence-electron chi connectivity index (χ2n) is 6.26. The van der Waals surface area contributed by atoms with Crippen molar-refractivity contribution in [1.29, 1.82) is 0 Å². The third-order valence-corrected chi connectivity index (χ3v) is 4.42. The number of aryl methyl sites for hydroxylation is 1. The Morgan fingerprint density at radius 2 is 1.95 bits per heavy atom. The van der Waals surface area contributed by atoms with Crippen LogP contribution < -0.4 is 4.90 Å². The summed E-state index contributed by atoms with van der Waals surface area (Å²) >= 11 is 0. The number of nitrogens with zero attached hydrogens (tertiary/aromatic N) is 1. The number of para-hydroxylation sites is 1. The van der Waals surface area contributed by atoms with Crippen LogP contribution in [0.15, 0.2) is 24.3 Å². The van der Waals surface area contributed by atoms with Crippen LogP contribution in [0.2, 0.25) is 0 Å². The van der Waals surface area contributed by atoms with Gasteiger partial charge in [0.25, 0.3) is 0 Å². The van der Waals surface area contributed by atoms with Crippen LogP contribution in [-0.4, -0.2) is 19.4 Å². The van der Waals surface area contributed by atoms with Crippen LogP contribution in [0.3, 0.4) is 0 Å². The topological polar surface area (TPSA) is 20.3 Å². The molecule has 1 aliphatic rings. The first-order valence-electron chi connectivity index (χ1n) is 7.28. The number of rotatable bonds is 3. The van der Waals surface area contributed by atoms with Crippen molar-refractivity contribution < 1.29 is 4.79 Å². The lowest BCUT2D eigenvalue weighted by Crippen LogP contribution is -2.39. The monoisotopic (exact) mass is 259 g/mol. The molecule has 2 nitrogen and oxygen atoms in total. The van der Waals surface area contributed by atoms with Crippen LogP contribution in [0.4, 0.5) is 5.69 Å². The molecule has 0 N–H and O–H groups in total. The zero-order valence-corrected chi connectivity index (χ0v) is 12.5. The van der Waals surface area contributed by atoms with Crippen LogP contribution in [0.5, 0.6) is 0 Å². The molecule has 0 aliphatic heterocycles. The number of hydrogen-bond donors (Lipinski definition) is 0. The first-order valence-corrected chi connectivity index (χ1v) is 7.28. The Hall–Kier alpha value is -1.31. The molecule has 0 heterocycles. The number of hydrogen-bond acceptors (Lipinski definition) is 2. The summed E-state index contributed by atoms with van der Waals surface area (Å²) < 4.78 is 0. The molecule has 1 saturated carbocycles. The van der Waals surface area contributed by atoms with Crippen LogP contribution in [0.1, 0.15) is 32.3 Å². The second-order valence-corrected chi connectivity index (χ2v) is 6.26. The molecule has 3 unspecified atom stereocenters. The fraction of sp³-hybridized carbons (Fsp3) is 0.588. The van der Waals surface area contributed by atoms with E-state index in [0.717, 1.165) is 13.0 Å². The summed E-state index contributed by atoms with van der Waals surface area (Å²) in [4.78, 5) is 14.5. The summed E-state index contributed by atoms with van der Waals surface area (Å²) in [6.45, 7) is 7.39. The van der Waals surface area contributed by atoms with Crippen LogP contribution in [0, 0.1) is 24.7 Å². The highest BCUT2D eigenvalue weighted by atomic mass is 16.1. The molecule has 19 heavy (non-hydrogen) atoms. The first kappa shape index (κ1) is 14.1. The minimum Gasteiger partial charge on any atom is -0.374 e. The van der Waals surface area contributed by atoms with Gasteiger partial charge in [-0.25, -0.2) is 0 Å². The maximum Gasteiger partial charge on any atom is 0.138 e. The Balaban J connectivity index is 2.08. The molecule has 104 valence electrons. The molecule has 2 rings (SSSR count). The van der Waals surface area contributed by atoms with Crippen LogP contribution in [-0.2, 0) is 4.79 Å². The normalized spacial score (nSPS) is 27.4. The molecule has 0 aromatic heterocycles. The third-order valence-electron chi connectivity index (χ3n) is 4.42. The van der Waals surface area contributed by atoms with Crippen molar-refractivity contribution >= 4 is 11.5 Å². The minimum atomic E-state index is 0.195. The van der Waals surface area contributed by atoms with Crippen molar-refractivity contribution in [3.63, 3.8) is 0 Å². The highest BCUT2D eigenvalue weighted by Gasteiger charge is 2.33. The van der Waals surface area contributed by atoms with Crippen molar-refractivity contribution in [2.75, 3.05) is 18.5 Å². The number of benzene rings is 1. The van der Waals surface area contributed by atoms with E-state index in [2.05, 4.69) is 57.0 Å². The lowest BCUT2D eigenvalue weighted by atomic mass is 9.74. The van der Waals surface area contributed by atoms with Crippen molar-refractivity contribution in [2.24, 2.45) is 17.8 Å². The lowest BCUT2D eigenvalue weighted by Gasteiger charge is -2.35. The van der Waals surface area contributed by atoms with E-state index in [4.69, 9.17) is 0 Å². The predicted octanol–water partition coefficient (Wildman–Crippen LogP) is 3.68. The van der Waals surface area contributed by atoms with E-state index in [1.54, 1.807) is 0 Å². The van der Waals surface area contributed by atoms with Crippen LogP contribution >= 0.6 is 0 Å². The molecule has 3 atom stereocenters. The van der Waals surface area contributed by atoms with Crippen molar-refractivity contribution in [2.45, 2.75) is 33.6 Å². The number of Topliss-reactive ketones (excluding diaryl/α,β-unsaturated/α-hetero) is 1. The average Bonchev–Trinajstić information content (AvgIpc) is 2.34. The summed E-state index contributed by atoms with van der Waals surface area (Å²) in [7, 11) is 2.10. The third kappa shape index (κ3) is 3.17. The summed E-state index contributed by atoms with van der Waals surface area (Å²) in [5.41, 5.74) is 2.51. The molecule has 1 aliphatic carbocycles. The van der Waals surface area contributed by atoms with Gasteiger partial charge in [0.15, 0.2) is 0 Å². The van der Waals surface area contributed by atoms with Crippen molar-refractivity contribution in [3.8, 4) is 0 Å². The van der Waals surface area contributed by atoms with Gasteiger partial charge in [-0.3, -0.25) is 4.79 Å². The first-order chi connectivity index (χ1) is 8.99. The van der Waals surface area contributed by atoms with Gasteiger partial charge in [-0.15, -0.1) is 0 Å². The SMILES string of the molecule is Cc1ccccc1N(C)CC1C(=O)CC(C)CC1C. The Labute approximate surface area is 116 Å². The smallest absolute Gasteiger partial charge is 0.138 e. The van der Waals surface area contributed by atoms with E-state index in [9.17, 15) is 4.79 Å². The van der Waals surface area contributed by atoms with Gasteiger partial charge in [-0.2, -0.15) is 0 Å². The Morgan fingerprint density at radius 3 is 2.58 bits per heavy atom. The summed E-state index contributed by atoms with van der Waals surface area (Å²) in [6.07, 6.45) is 1.94. The zero-order valence-electron chi connectivity index (χ0n) is 12.5. The molecule has 0 bridgehead atoms. The van der Waals surface area contributed by atoms with E-state index in [-0.39, 0.29) is 5.92 Å². The van der Waals surface area contributed by atoms with E-state index < -0.39 is 0 Å². The molecule has 1 aromatic carbocycles. The summed E-state index contributed by atoms with van der Waals surface area (Å²) in [5.74, 6) is 1.71. The van der Waals surface area contributed by atoms with E-state index in [1.165, 1.54) is 17.7 Å². The molecule has 0 radical (unpaired) electrons. The predicted molar refractivity (Wildman–Crippen MR) is 80.5 cm³/mol. The van der Waals surface area contributed by atoms with Gasteiger partial charge < -0.3 is 4.90 Å². The molecule has 0 amide bonds. The van der Waals surface area contributed by atoms with Gasteiger partial charge in [0.2, 0.25) is 0 Å². The summed E-state index contributed by atoms with van der Waals surface area (Å²) in [5, 5.41) is 0. The number of ketones is 1. The average molecular weight is 259 g/mol. The molecular weight excluding hydrogens is 234 g/mol. The second kappa shape index (κ2) is 5.77. The van der Waals surface area contributed by atoms with Crippen molar-refractivity contribution in [3.05, 3.63) is 29.8 Å². The number of anilines is 1. The van der Waals surface area contributed by atoms with Gasteiger partial charge in [0.1, 0.15) is 5.78 Å². The molecule has 2 heteroatoms. The highest BCUT2D eigenvalue weighted by Crippen LogP contribution is 2.32. The van der Waals surface area contributed by atoms with Gasteiger partial charge in [0, 0.05) is 31.6 Å². The maximum atomic E-state index is 12.2. The molecular formula is C17H25NO. The Bertz CT molecular complexity index is 454. The fourth-order valence-corrected chi connectivity index (χ4v) is 3.36. The minimum absolute atomic E-state index is 0.195. The van der Waals surface area contributed by atoms with E-state index in [1.807, 2.05) is 0 Å². The molecule has 1 fully saturated rings. The number of carbonyl (C=O) groups is 1. The quantitative estimate of drug-likeness (QED) is 0.825. The fourth-order valence-electron chi connectivity index (χ4n) is 3.36. The zero-order chi connectivity index (χ0) is 14.0. The molecule has 1 aromatic rings. The molecule has 0 spiro atoms. The highest BCUT2D eigenvalue weighted by molar-refractivity contribution is 5.83. The maximum absolute atomic E-state index is 12.2. The van der Waals surface area contributed by atoms with Gasteiger partial charge in [-0.05, 0) is 36.8 Å². The summed E-state index contributed by atoms with van der Waals surface area (Å²) in [6, 6.07) is 8.38. The van der Waals surface area contributed by atoms with E-state index in [0.29, 0.717) is 17.6 Å². The number of carbonyl (C=O) groups excluding carboxylic acids is 1. The Kier molecular flexibility index (Phi) is 4.28. The molecule has 0 saturated heterocycles.